The standard InChI is InChI=1S/C13H21N3O2/c1-4-9-5-6-10(8(9)2)16-7-15-11(12(16)14)13(17)18-3/h7-10H,4-6,14H2,1-3H3. The molecule has 1 aromatic rings. The van der Waals surface area contributed by atoms with Crippen molar-refractivity contribution in [3.63, 3.8) is 0 Å². The molecule has 2 N–H and O–H groups in total. The number of rotatable bonds is 3. The zero-order valence-corrected chi connectivity index (χ0v) is 11.2. The van der Waals surface area contributed by atoms with Gasteiger partial charge < -0.3 is 15.0 Å². The average molecular weight is 251 g/mol. The van der Waals surface area contributed by atoms with Crippen LogP contribution in [0.4, 0.5) is 5.82 Å². The van der Waals surface area contributed by atoms with E-state index in [0.29, 0.717) is 17.8 Å². The number of aromatic nitrogens is 2. The molecular weight excluding hydrogens is 230 g/mol. The van der Waals surface area contributed by atoms with Crippen molar-refractivity contribution in [3.05, 3.63) is 12.0 Å². The van der Waals surface area contributed by atoms with Crippen molar-refractivity contribution in [1.29, 1.82) is 0 Å². The molecule has 3 atom stereocenters. The molecule has 1 fully saturated rings. The van der Waals surface area contributed by atoms with E-state index in [0.717, 1.165) is 12.3 Å². The molecule has 0 spiro atoms. The summed E-state index contributed by atoms with van der Waals surface area (Å²) < 4.78 is 6.60. The summed E-state index contributed by atoms with van der Waals surface area (Å²) in [5.41, 5.74) is 6.23. The van der Waals surface area contributed by atoms with E-state index < -0.39 is 5.97 Å². The first-order chi connectivity index (χ1) is 8.60. The third-order valence-corrected chi connectivity index (χ3v) is 4.28. The van der Waals surface area contributed by atoms with Crippen LogP contribution in [0.15, 0.2) is 6.33 Å². The highest BCUT2D eigenvalue weighted by atomic mass is 16.5. The molecule has 3 unspecified atom stereocenters. The predicted octanol–water partition coefficient (Wildman–Crippen LogP) is 2.25. The molecule has 0 radical (unpaired) electrons. The maximum atomic E-state index is 11.5. The molecule has 1 aliphatic rings. The zero-order chi connectivity index (χ0) is 13.3. The van der Waals surface area contributed by atoms with Crippen molar-refractivity contribution < 1.29 is 9.53 Å². The summed E-state index contributed by atoms with van der Waals surface area (Å²) in [6.45, 7) is 4.48. The van der Waals surface area contributed by atoms with Gasteiger partial charge in [0.05, 0.1) is 13.4 Å². The SMILES string of the molecule is CCC1CCC(n2cnc(C(=O)OC)c2N)C1C. The fraction of sp³-hybridized carbons (Fsp3) is 0.692. The highest BCUT2D eigenvalue weighted by Crippen LogP contribution is 2.42. The normalized spacial score (nSPS) is 27.4. The van der Waals surface area contributed by atoms with Gasteiger partial charge in [0.15, 0.2) is 5.69 Å². The van der Waals surface area contributed by atoms with Crippen LogP contribution >= 0.6 is 0 Å². The zero-order valence-electron chi connectivity index (χ0n) is 11.2. The minimum Gasteiger partial charge on any atom is -0.464 e. The minimum absolute atomic E-state index is 0.227. The number of nitrogen functional groups attached to an aromatic ring is 1. The van der Waals surface area contributed by atoms with Crippen LogP contribution in [0.5, 0.6) is 0 Å². The van der Waals surface area contributed by atoms with Crippen LogP contribution in [-0.2, 0) is 4.74 Å². The van der Waals surface area contributed by atoms with Crippen LogP contribution in [0.3, 0.4) is 0 Å². The van der Waals surface area contributed by atoms with Crippen LogP contribution in [0, 0.1) is 11.8 Å². The summed E-state index contributed by atoms with van der Waals surface area (Å²) in [5, 5.41) is 0. The molecule has 100 valence electrons. The van der Waals surface area contributed by atoms with E-state index in [1.165, 1.54) is 20.0 Å². The van der Waals surface area contributed by atoms with Gasteiger partial charge in [-0.3, -0.25) is 0 Å². The lowest BCUT2D eigenvalue weighted by Crippen LogP contribution is -2.17. The van der Waals surface area contributed by atoms with Gasteiger partial charge in [-0.2, -0.15) is 0 Å². The Morgan fingerprint density at radius 2 is 2.33 bits per heavy atom. The first-order valence-corrected chi connectivity index (χ1v) is 6.50. The molecule has 1 saturated carbocycles. The third-order valence-electron chi connectivity index (χ3n) is 4.28. The number of esters is 1. The maximum absolute atomic E-state index is 11.5. The lowest BCUT2D eigenvalue weighted by molar-refractivity contribution is 0.0596. The molecule has 5 nitrogen and oxygen atoms in total. The van der Waals surface area contributed by atoms with Gasteiger partial charge >= 0.3 is 5.97 Å². The number of imidazole rings is 1. The summed E-state index contributed by atoms with van der Waals surface area (Å²) >= 11 is 0. The quantitative estimate of drug-likeness (QED) is 0.836. The van der Waals surface area contributed by atoms with Crippen molar-refractivity contribution in [2.75, 3.05) is 12.8 Å². The number of nitrogens with two attached hydrogens (primary N) is 1. The van der Waals surface area contributed by atoms with Crippen molar-refractivity contribution in [2.45, 2.75) is 39.2 Å². The molecule has 0 amide bonds. The first kappa shape index (κ1) is 12.9. The van der Waals surface area contributed by atoms with E-state index in [1.807, 2.05) is 4.57 Å². The number of carbonyl (C=O) groups is 1. The van der Waals surface area contributed by atoms with Gasteiger partial charge in [0.2, 0.25) is 0 Å². The van der Waals surface area contributed by atoms with Gasteiger partial charge in [0.25, 0.3) is 0 Å². The van der Waals surface area contributed by atoms with E-state index in [-0.39, 0.29) is 5.69 Å². The average Bonchev–Trinajstić information content (AvgIpc) is 2.91. The Morgan fingerprint density at radius 1 is 1.61 bits per heavy atom. The number of anilines is 1. The van der Waals surface area contributed by atoms with E-state index in [2.05, 4.69) is 23.6 Å². The molecule has 18 heavy (non-hydrogen) atoms. The Balaban J connectivity index is 2.25. The first-order valence-electron chi connectivity index (χ1n) is 6.50. The monoisotopic (exact) mass is 251 g/mol. The molecule has 0 bridgehead atoms. The van der Waals surface area contributed by atoms with Crippen LogP contribution in [-0.4, -0.2) is 22.6 Å². The Morgan fingerprint density at radius 3 is 2.89 bits per heavy atom. The summed E-state index contributed by atoms with van der Waals surface area (Å²) in [6.07, 6.45) is 5.17. The number of ether oxygens (including phenoxy) is 1. The molecular formula is C13H21N3O2. The van der Waals surface area contributed by atoms with Crippen LogP contribution < -0.4 is 5.73 Å². The fourth-order valence-corrected chi connectivity index (χ4v) is 3.08. The summed E-state index contributed by atoms with van der Waals surface area (Å²) in [5.74, 6) is 1.26. The second-order valence-electron chi connectivity index (χ2n) is 5.05. The van der Waals surface area contributed by atoms with E-state index in [4.69, 9.17) is 5.73 Å². The number of methoxy groups -OCH3 is 1. The van der Waals surface area contributed by atoms with Gasteiger partial charge in [-0.05, 0) is 24.7 Å². The largest absolute Gasteiger partial charge is 0.464 e. The minimum atomic E-state index is -0.469. The number of nitrogens with zero attached hydrogens (tertiary/aromatic N) is 2. The van der Waals surface area contributed by atoms with Crippen molar-refractivity contribution in [2.24, 2.45) is 11.8 Å². The number of hydrogen-bond donors (Lipinski definition) is 1. The Hall–Kier alpha value is -1.52. The van der Waals surface area contributed by atoms with Gasteiger partial charge in [-0.1, -0.05) is 20.3 Å². The molecule has 1 heterocycles. The highest BCUT2D eigenvalue weighted by Gasteiger charge is 2.34. The second kappa shape index (κ2) is 5.00. The Bertz CT molecular complexity index is 441. The summed E-state index contributed by atoms with van der Waals surface area (Å²) in [6, 6.07) is 0.348. The van der Waals surface area contributed by atoms with Crippen molar-refractivity contribution in [3.8, 4) is 0 Å². The molecule has 0 aromatic carbocycles. The highest BCUT2D eigenvalue weighted by molar-refractivity contribution is 5.92. The fourth-order valence-electron chi connectivity index (χ4n) is 3.08. The third kappa shape index (κ3) is 1.98. The van der Waals surface area contributed by atoms with Crippen LogP contribution in [0.25, 0.3) is 0 Å². The van der Waals surface area contributed by atoms with Gasteiger partial charge in [0, 0.05) is 6.04 Å². The van der Waals surface area contributed by atoms with E-state index in [1.54, 1.807) is 6.33 Å². The molecule has 1 aromatic heterocycles. The maximum Gasteiger partial charge on any atom is 0.360 e. The summed E-state index contributed by atoms with van der Waals surface area (Å²) in [4.78, 5) is 15.6. The molecule has 0 aliphatic heterocycles. The Labute approximate surface area is 107 Å². The lowest BCUT2D eigenvalue weighted by atomic mass is 9.93. The molecule has 2 rings (SSSR count). The Kier molecular flexibility index (Phi) is 3.59. The second-order valence-corrected chi connectivity index (χ2v) is 5.05. The molecule has 5 heteroatoms. The lowest BCUT2D eigenvalue weighted by Gasteiger charge is -2.21. The topological polar surface area (TPSA) is 70.1 Å². The molecule has 0 saturated heterocycles. The predicted molar refractivity (Wildman–Crippen MR) is 69.2 cm³/mol. The van der Waals surface area contributed by atoms with Crippen molar-refractivity contribution in [1.82, 2.24) is 9.55 Å². The van der Waals surface area contributed by atoms with Gasteiger partial charge in [-0.15, -0.1) is 0 Å². The summed E-state index contributed by atoms with van der Waals surface area (Å²) in [7, 11) is 1.34. The van der Waals surface area contributed by atoms with Crippen LogP contribution in [0.2, 0.25) is 0 Å². The molecule has 1 aliphatic carbocycles. The smallest absolute Gasteiger partial charge is 0.360 e. The number of carbonyl (C=O) groups excluding carboxylic acids is 1. The van der Waals surface area contributed by atoms with Gasteiger partial charge in [-0.25, -0.2) is 9.78 Å². The van der Waals surface area contributed by atoms with Crippen molar-refractivity contribution >= 4 is 11.8 Å². The van der Waals surface area contributed by atoms with E-state index in [9.17, 15) is 4.79 Å². The number of hydrogen-bond acceptors (Lipinski definition) is 4. The van der Waals surface area contributed by atoms with E-state index >= 15 is 0 Å². The van der Waals surface area contributed by atoms with Crippen LogP contribution in [0.1, 0.15) is 49.6 Å². The van der Waals surface area contributed by atoms with Gasteiger partial charge in [0.1, 0.15) is 5.82 Å².